The minimum atomic E-state index is -0.0302. The van der Waals surface area contributed by atoms with Crippen LogP contribution in [0.2, 0.25) is 0 Å². The normalized spacial score (nSPS) is 17.0. The van der Waals surface area contributed by atoms with E-state index in [1.807, 2.05) is 30.0 Å². The number of pyridine rings is 1. The predicted molar refractivity (Wildman–Crippen MR) is 90.8 cm³/mol. The number of amides is 1. The Kier molecular flexibility index (Phi) is 4.47. The predicted octanol–water partition coefficient (Wildman–Crippen LogP) is 2.72. The average Bonchev–Trinajstić information content (AvgIpc) is 3.40. The van der Waals surface area contributed by atoms with Gasteiger partial charge in [0, 0.05) is 43.4 Å². The summed E-state index contributed by atoms with van der Waals surface area (Å²) < 4.78 is 10.6. The van der Waals surface area contributed by atoms with E-state index in [2.05, 4.69) is 20.3 Å². The van der Waals surface area contributed by atoms with E-state index in [0.29, 0.717) is 24.6 Å². The van der Waals surface area contributed by atoms with Crippen molar-refractivity contribution in [1.29, 1.82) is 0 Å². The molecule has 1 aliphatic rings. The first-order valence-electron chi connectivity index (χ1n) is 8.66. The molecule has 1 fully saturated rings. The molecule has 0 spiro atoms. The fourth-order valence-corrected chi connectivity index (χ4v) is 3.23. The van der Waals surface area contributed by atoms with E-state index in [-0.39, 0.29) is 11.9 Å². The Balaban J connectivity index is 1.39. The molecule has 0 N–H and O–H groups in total. The molecular formula is C18H19N5O3. The fourth-order valence-electron chi connectivity index (χ4n) is 3.23. The molecule has 3 aromatic heterocycles. The molecule has 0 aliphatic carbocycles. The van der Waals surface area contributed by atoms with Crippen LogP contribution in [0.4, 0.5) is 0 Å². The van der Waals surface area contributed by atoms with Gasteiger partial charge < -0.3 is 13.9 Å². The van der Waals surface area contributed by atoms with Gasteiger partial charge in [0.2, 0.25) is 17.6 Å². The molecular weight excluding hydrogens is 334 g/mol. The highest BCUT2D eigenvalue weighted by Crippen LogP contribution is 2.32. The fraction of sp³-hybridized carbons (Fsp3) is 0.389. The smallest absolute Gasteiger partial charge is 0.227 e. The SMILES string of the molecule is Cc1cc([C@H]2CCCN2C(=O)CCc2nc(-c3cccnc3)no2)on1. The van der Waals surface area contributed by atoms with E-state index < -0.39 is 0 Å². The summed E-state index contributed by atoms with van der Waals surface area (Å²) in [6, 6.07) is 5.54. The van der Waals surface area contributed by atoms with Gasteiger partial charge in [-0.3, -0.25) is 9.78 Å². The minimum Gasteiger partial charge on any atom is -0.359 e. The van der Waals surface area contributed by atoms with E-state index in [1.165, 1.54) is 0 Å². The van der Waals surface area contributed by atoms with Crippen molar-refractivity contribution >= 4 is 5.91 Å². The lowest BCUT2D eigenvalue weighted by Gasteiger charge is -2.22. The van der Waals surface area contributed by atoms with Gasteiger partial charge in [0.05, 0.1) is 11.7 Å². The first-order valence-corrected chi connectivity index (χ1v) is 8.66. The third kappa shape index (κ3) is 3.35. The van der Waals surface area contributed by atoms with Crippen molar-refractivity contribution in [2.75, 3.05) is 6.54 Å². The molecule has 8 nitrogen and oxygen atoms in total. The molecule has 1 saturated heterocycles. The van der Waals surface area contributed by atoms with Crippen molar-refractivity contribution in [3.8, 4) is 11.4 Å². The van der Waals surface area contributed by atoms with Crippen LogP contribution >= 0.6 is 0 Å². The molecule has 26 heavy (non-hydrogen) atoms. The Bertz CT molecular complexity index is 889. The topological polar surface area (TPSA) is 98.2 Å². The summed E-state index contributed by atoms with van der Waals surface area (Å²) in [5.74, 6) is 1.74. The molecule has 0 bridgehead atoms. The number of aromatic nitrogens is 4. The van der Waals surface area contributed by atoms with E-state index in [4.69, 9.17) is 9.05 Å². The summed E-state index contributed by atoms with van der Waals surface area (Å²) in [5, 5.41) is 7.88. The lowest BCUT2D eigenvalue weighted by atomic mass is 10.1. The lowest BCUT2D eigenvalue weighted by molar-refractivity contribution is -0.132. The summed E-state index contributed by atoms with van der Waals surface area (Å²) in [4.78, 5) is 22.9. The van der Waals surface area contributed by atoms with Crippen molar-refractivity contribution in [2.24, 2.45) is 0 Å². The molecule has 0 aromatic carbocycles. The van der Waals surface area contributed by atoms with Crippen molar-refractivity contribution in [3.63, 3.8) is 0 Å². The zero-order valence-corrected chi connectivity index (χ0v) is 14.5. The van der Waals surface area contributed by atoms with Crippen LogP contribution < -0.4 is 0 Å². The van der Waals surface area contributed by atoms with Crippen LogP contribution in [-0.2, 0) is 11.2 Å². The van der Waals surface area contributed by atoms with Gasteiger partial charge in [0.25, 0.3) is 0 Å². The van der Waals surface area contributed by atoms with Gasteiger partial charge in [-0.2, -0.15) is 4.98 Å². The first kappa shape index (κ1) is 16.4. The number of hydrogen-bond acceptors (Lipinski definition) is 7. The van der Waals surface area contributed by atoms with Crippen LogP contribution in [0.1, 0.15) is 42.6 Å². The third-order valence-corrected chi connectivity index (χ3v) is 4.49. The number of carbonyl (C=O) groups is 1. The van der Waals surface area contributed by atoms with Crippen LogP contribution in [0.5, 0.6) is 0 Å². The second-order valence-electron chi connectivity index (χ2n) is 6.37. The average molecular weight is 353 g/mol. The number of nitrogens with zero attached hydrogens (tertiary/aromatic N) is 5. The largest absolute Gasteiger partial charge is 0.359 e. The zero-order valence-electron chi connectivity index (χ0n) is 14.5. The van der Waals surface area contributed by atoms with E-state index >= 15 is 0 Å². The van der Waals surface area contributed by atoms with Gasteiger partial charge in [0.15, 0.2) is 5.76 Å². The van der Waals surface area contributed by atoms with E-state index in [9.17, 15) is 4.79 Å². The molecule has 0 saturated carbocycles. The molecule has 8 heteroatoms. The van der Waals surface area contributed by atoms with Gasteiger partial charge >= 0.3 is 0 Å². The van der Waals surface area contributed by atoms with Crippen molar-refractivity contribution in [3.05, 3.63) is 47.9 Å². The number of aryl methyl sites for hydroxylation is 2. The Morgan fingerprint density at radius 3 is 3.04 bits per heavy atom. The van der Waals surface area contributed by atoms with Gasteiger partial charge in [-0.05, 0) is 31.9 Å². The second-order valence-corrected chi connectivity index (χ2v) is 6.37. The molecule has 4 rings (SSSR count). The summed E-state index contributed by atoms with van der Waals surface area (Å²) in [5.41, 5.74) is 1.61. The zero-order chi connectivity index (χ0) is 17.9. The first-order chi connectivity index (χ1) is 12.7. The number of rotatable bonds is 5. The van der Waals surface area contributed by atoms with E-state index in [0.717, 1.165) is 36.4 Å². The Labute approximate surface area is 150 Å². The van der Waals surface area contributed by atoms with Crippen LogP contribution in [0, 0.1) is 6.92 Å². The number of likely N-dealkylation sites (tertiary alicyclic amines) is 1. The Morgan fingerprint density at radius 2 is 2.27 bits per heavy atom. The second kappa shape index (κ2) is 7.07. The highest BCUT2D eigenvalue weighted by molar-refractivity contribution is 5.77. The van der Waals surface area contributed by atoms with Crippen molar-refractivity contribution < 1.29 is 13.8 Å². The monoisotopic (exact) mass is 353 g/mol. The highest BCUT2D eigenvalue weighted by Gasteiger charge is 2.32. The number of hydrogen-bond donors (Lipinski definition) is 0. The summed E-state index contributed by atoms with van der Waals surface area (Å²) in [7, 11) is 0. The van der Waals surface area contributed by atoms with Crippen LogP contribution in [0.15, 0.2) is 39.6 Å². The molecule has 0 unspecified atom stereocenters. The molecule has 1 atom stereocenters. The lowest BCUT2D eigenvalue weighted by Crippen LogP contribution is -2.30. The van der Waals surface area contributed by atoms with Gasteiger partial charge in [0.1, 0.15) is 0 Å². The Hall–Kier alpha value is -3.03. The highest BCUT2D eigenvalue weighted by atomic mass is 16.5. The summed E-state index contributed by atoms with van der Waals surface area (Å²) >= 11 is 0. The number of carbonyl (C=O) groups excluding carboxylic acids is 1. The summed E-state index contributed by atoms with van der Waals surface area (Å²) in [6.45, 7) is 2.61. The maximum absolute atomic E-state index is 12.6. The summed E-state index contributed by atoms with van der Waals surface area (Å²) in [6.07, 6.45) is 5.94. The quantitative estimate of drug-likeness (QED) is 0.695. The maximum Gasteiger partial charge on any atom is 0.227 e. The molecule has 0 radical (unpaired) electrons. The minimum absolute atomic E-state index is 0.0302. The van der Waals surface area contributed by atoms with Crippen molar-refractivity contribution in [1.82, 2.24) is 25.2 Å². The van der Waals surface area contributed by atoms with Crippen molar-refractivity contribution in [2.45, 2.75) is 38.6 Å². The molecule has 4 heterocycles. The molecule has 3 aromatic rings. The molecule has 134 valence electrons. The Morgan fingerprint density at radius 1 is 1.35 bits per heavy atom. The standard InChI is InChI=1S/C18H19N5O3/c1-12-10-15(25-21-12)14-5-3-9-23(14)17(24)7-6-16-20-18(22-26-16)13-4-2-8-19-11-13/h2,4,8,10-11,14H,3,5-7,9H2,1H3/t14-/m1/s1. The third-order valence-electron chi connectivity index (χ3n) is 4.49. The van der Waals surface area contributed by atoms with Crippen LogP contribution in [-0.4, -0.2) is 37.6 Å². The van der Waals surface area contributed by atoms with Gasteiger partial charge in [-0.25, -0.2) is 0 Å². The van der Waals surface area contributed by atoms with Gasteiger partial charge in [-0.1, -0.05) is 10.3 Å². The maximum atomic E-state index is 12.6. The van der Waals surface area contributed by atoms with Crippen LogP contribution in [0.3, 0.4) is 0 Å². The molecule has 1 amide bonds. The van der Waals surface area contributed by atoms with E-state index in [1.54, 1.807) is 12.4 Å². The molecule has 1 aliphatic heterocycles. The van der Waals surface area contributed by atoms with Crippen LogP contribution in [0.25, 0.3) is 11.4 Å². The van der Waals surface area contributed by atoms with Gasteiger partial charge in [-0.15, -0.1) is 0 Å².